The van der Waals surface area contributed by atoms with Gasteiger partial charge in [-0.05, 0) is 49.9 Å². The van der Waals surface area contributed by atoms with Gasteiger partial charge in [0.2, 0.25) is 0 Å². The molecule has 1 saturated heterocycles. The Morgan fingerprint density at radius 3 is 2.39 bits per heavy atom. The summed E-state index contributed by atoms with van der Waals surface area (Å²) >= 11 is 0. The molecule has 0 radical (unpaired) electrons. The van der Waals surface area contributed by atoms with E-state index in [-0.39, 0.29) is 0 Å². The van der Waals surface area contributed by atoms with Crippen LogP contribution in [-0.4, -0.2) is 58.6 Å². The number of anilines is 1. The number of hydrogen-bond donors (Lipinski definition) is 1. The zero-order valence-corrected chi connectivity index (χ0v) is 16.6. The van der Waals surface area contributed by atoms with Crippen LogP contribution in [0, 0.1) is 6.92 Å². The van der Waals surface area contributed by atoms with Crippen molar-refractivity contribution in [2.75, 3.05) is 45.2 Å². The number of methoxy groups -OCH3 is 1. The lowest BCUT2D eigenvalue weighted by Gasteiger charge is -2.35. The smallest absolute Gasteiger partial charge is 0.531 e. The SMILES string of the molecule is COc1ccc(B(ON)Oc2ccc(C=O)cc2C)cc1N1CCN(C)CC1. The van der Waals surface area contributed by atoms with E-state index >= 15 is 0 Å². The number of hydrogen-bond acceptors (Lipinski definition) is 7. The van der Waals surface area contributed by atoms with Crippen molar-refractivity contribution in [3.63, 3.8) is 0 Å². The predicted octanol–water partition coefficient (Wildman–Crippen LogP) is 1.23. The molecule has 0 atom stereocenters. The Kier molecular flexibility index (Phi) is 6.56. The highest BCUT2D eigenvalue weighted by molar-refractivity contribution is 6.62. The molecule has 3 rings (SSSR count). The standard InChI is InChI=1S/C20H26BN3O4/c1-15-12-16(14-25)4-6-19(15)27-21(28-22)17-5-7-20(26-3)18(13-17)24-10-8-23(2)9-11-24/h4-7,12-14H,8-11,22H2,1-3H3. The van der Waals surface area contributed by atoms with Crippen LogP contribution in [0.25, 0.3) is 0 Å². The normalized spacial score (nSPS) is 14.6. The molecule has 28 heavy (non-hydrogen) atoms. The van der Waals surface area contributed by atoms with Crippen molar-refractivity contribution in [1.29, 1.82) is 0 Å². The molecule has 148 valence electrons. The molecule has 7 nitrogen and oxygen atoms in total. The molecule has 1 fully saturated rings. The van der Waals surface area contributed by atoms with Gasteiger partial charge in [-0.3, -0.25) is 4.79 Å². The van der Waals surface area contributed by atoms with Crippen LogP contribution in [0.3, 0.4) is 0 Å². The summed E-state index contributed by atoms with van der Waals surface area (Å²) < 4.78 is 16.7. The first-order valence-corrected chi connectivity index (χ1v) is 9.25. The lowest BCUT2D eigenvalue weighted by atomic mass is 9.78. The molecular formula is C20H26BN3O4. The fraction of sp³-hybridized carbons (Fsp3) is 0.350. The second-order valence-corrected chi connectivity index (χ2v) is 6.95. The first kappa shape index (κ1) is 20.2. The topological polar surface area (TPSA) is 77.3 Å². The van der Waals surface area contributed by atoms with Gasteiger partial charge in [0.25, 0.3) is 0 Å². The average molecular weight is 383 g/mol. The van der Waals surface area contributed by atoms with Crippen molar-refractivity contribution in [3.05, 3.63) is 47.5 Å². The molecule has 2 aromatic carbocycles. The minimum Gasteiger partial charge on any atom is -0.531 e. The quantitative estimate of drug-likeness (QED) is 0.438. The van der Waals surface area contributed by atoms with Crippen molar-refractivity contribution < 1.29 is 18.9 Å². The summed E-state index contributed by atoms with van der Waals surface area (Å²) in [5.41, 5.74) is 3.21. The lowest BCUT2D eigenvalue weighted by molar-refractivity contribution is 0.112. The molecular weight excluding hydrogens is 357 g/mol. The Morgan fingerprint density at radius 2 is 1.79 bits per heavy atom. The molecule has 1 aliphatic heterocycles. The Morgan fingerprint density at radius 1 is 1.07 bits per heavy atom. The molecule has 0 aliphatic carbocycles. The number of likely N-dealkylation sites (N-methyl/N-ethyl adjacent to an activating group) is 1. The Bertz CT molecular complexity index is 825. The molecule has 2 aromatic rings. The van der Waals surface area contributed by atoms with Crippen molar-refractivity contribution in [3.8, 4) is 11.5 Å². The van der Waals surface area contributed by atoms with E-state index in [1.54, 1.807) is 25.3 Å². The molecule has 0 unspecified atom stereocenters. The van der Waals surface area contributed by atoms with Crippen LogP contribution in [0.4, 0.5) is 5.69 Å². The highest BCUT2D eigenvalue weighted by Gasteiger charge is 2.27. The molecule has 0 amide bonds. The zero-order chi connectivity index (χ0) is 20.1. The average Bonchev–Trinajstić information content (AvgIpc) is 2.73. The van der Waals surface area contributed by atoms with Crippen LogP contribution >= 0.6 is 0 Å². The Labute approximate surface area is 166 Å². The second-order valence-electron chi connectivity index (χ2n) is 6.95. The number of piperazine rings is 1. The van der Waals surface area contributed by atoms with Gasteiger partial charge in [-0.15, -0.1) is 0 Å². The van der Waals surface area contributed by atoms with Crippen molar-refractivity contribution >= 4 is 24.6 Å². The molecule has 0 bridgehead atoms. The molecule has 2 N–H and O–H groups in total. The minimum absolute atomic E-state index is 0.594. The van der Waals surface area contributed by atoms with Gasteiger partial charge in [-0.25, -0.2) is 5.90 Å². The summed E-state index contributed by atoms with van der Waals surface area (Å²) in [7, 11) is 3.01. The molecule has 0 aromatic heterocycles. The first-order chi connectivity index (χ1) is 13.5. The number of nitrogens with two attached hydrogens (primary N) is 1. The third kappa shape index (κ3) is 4.47. The molecule has 1 aliphatic rings. The Hall–Kier alpha value is -2.55. The molecule has 8 heteroatoms. The maximum atomic E-state index is 10.9. The van der Waals surface area contributed by atoms with Crippen LogP contribution in [-0.2, 0) is 4.76 Å². The molecule has 0 saturated carbocycles. The van der Waals surface area contributed by atoms with E-state index in [4.69, 9.17) is 20.0 Å². The highest BCUT2D eigenvalue weighted by Crippen LogP contribution is 2.28. The van der Waals surface area contributed by atoms with Gasteiger partial charge in [0.1, 0.15) is 17.8 Å². The van der Waals surface area contributed by atoms with Crippen LogP contribution in [0.2, 0.25) is 0 Å². The van der Waals surface area contributed by atoms with Crippen molar-refractivity contribution in [1.82, 2.24) is 4.90 Å². The van der Waals surface area contributed by atoms with Crippen LogP contribution < -0.4 is 25.7 Å². The van der Waals surface area contributed by atoms with E-state index < -0.39 is 7.12 Å². The second kappa shape index (κ2) is 9.10. The van der Waals surface area contributed by atoms with Gasteiger partial charge in [0.05, 0.1) is 12.8 Å². The third-order valence-electron chi connectivity index (χ3n) is 5.01. The number of ether oxygens (including phenoxy) is 1. The van der Waals surface area contributed by atoms with Crippen molar-refractivity contribution in [2.45, 2.75) is 6.92 Å². The number of carbonyl (C=O) groups excluding carboxylic acids is 1. The Balaban J connectivity index is 1.86. The molecule has 1 heterocycles. The largest absolute Gasteiger partial charge is 0.579 e. The van der Waals surface area contributed by atoms with Gasteiger partial charge in [-0.1, -0.05) is 6.07 Å². The van der Waals surface area contributed by atoms with E-state index in [0.717, 1.165) is 54.9 Å². The fourth-order valence-electron chi connectivity index (χ4n) is 3.32. The van der Waals surface area contributed by atoms with E-state index in [1.807, 2.05) is 25.1 Å². The summed E-state index contributed by atoms with van der Waals surface area (Å²) in [6.07, 6.45) is 0.805. The number of benzene rings is 2. The zero-order valence-electron chi connectivity index (χ0n) is 16.6. The number of aldehydes is 1. The lowest BCUT2D eigenvalue weighted by Crippen LogP contribution is -2.46. The van der Waals surface area contributed by atoms with Gasteiger partial charge in [-0.2, -0.15) is 0 Å². The van der Waals surface area contributed by atoms with E-state index in [1.165, 1.54) is 0 Å². The summed E-state index contributed by atoms with van der Waals surface area (Å²) in [5, 5.41) is 0. The van der Waals surface area contributed by atoms with Gasteiger partial charge < -0.3 is 23.9 Å². The summed E-state index contributed by atoms with van der Waals surface area (Å²) in [4.78, 5) is 15.5. The first-order valence-electron chi connectivity index (χ1n) is 9.25. The molecule has 0 spiro atoms. The third-order valence-corrected chi connectivity index (χ3v) is 5.01. The summed E-state index contributed by atoms with van der Waals surface area (Å²) in [5.74, 6) is 6.95. The fourth-order valence-corrected chi connectivity index (χ4v) is 3.32. The van der Waals surface area contributed by atoms with Crippen LogP contribution in [0.15, 0.2) is 36.4 Å². The number of aryl methyl sites for hydroxylation is 1. The number of rotatable bonds is 7. The van der Waals surface area contributed by atoms with E-state index in [0.29, 0.717) is 11.3 Å². The number of carbonyl (C=O) groups is 1. The van der Waals surface area contributed by atoms with Crippen LogP contribution in [0.5, 0.6) is 11.5 Å². The summed E-state index contributed by atoms with van der Waals surface area (Å²) in [6.45, 7) is 5.68. The maximum Gasteiger partial charge on any atom is 0.579 e. The minimum atomic E-state index is -0.780. The van der Waals surface area contributed by atoms with Crippen LogP contribution in [0.1, 0.15) is 15.9 Å². The van der Waals surface area contributed by atoms with Crippen molar-refractivity contribution in [2.24, 2.45) is 5.90 Å². The highest BCUT2D eigenvalue weighted by atomic mass is 16.7. The van der Waals surface area contributed by atoms with Gasteiger partial charge >= 0.3 is 7.12 Å². The number of nitrogens with zero attached hydrogens (tertiary/aromatic N) is 2. The van der Waals surface area contributed by atoms with Gasteiger partial charge in [0.15, 0.2) is 0 Å². The summed E-state index contributed by atoms with van der Waals surface area (Å²) in [6, 6.07) is 11.0. The predicted molar refractivity (Wildman–Crippen MR) is 111 cm³/mol. The van der Waals surface area contributed by atoms with Gasteiger partial charge in [0, 0.05) is 37.2 Å². The van der Waals surface area contributed by atoms with E-state index in [9.17, 15) is 4.79 Å². The van der Waals surface area contributed by atoms with E-state index in [2.05, 4.69) is 16.8 Å². The maximum absolute atomic E-state index is 10.9. The monoisotopic (exact) mass is 383 g/mol.